The van der Waals surface area contributed by atoms with Crippen LogP contribution in [-0.2, 0) is 11.3 Å². The fourth-order valence-electron chi connectivity index (χ4n) is 2.86. The molecule has 1 aliphatic heterocycles. The molecule has 2 fully saturated rings. The molecule has 22 heavy (non-hydrogen) atoms. The van der Waals surface area contributed by atoms with Gasteiger partial charge in [-0.3, -0.25) is 0 Å². The molecule has 122 valence electrons. The number of amides is 2. The Bertz CT molecular complexity index is 473. The van der Waals surface area contributed by atoms with Gasteiger partial charge in [0.2, 0.25) is 0 Å². The molecule has 0 spiro atoms. The van der Waals surface area contributed by atoms with E-state index in [0.29, 0.717) is 26.2 Å². The smallest absolute Gasteiger partial charge is 0.317 e. The van der Waals surface area contributed by atoms with E-state index >= 15 is 0 Å². The number of urea groups is 1. The molecule has 2 heterocycles. The summed E-state index contributed by atoms with van der Waals surface area (Å²) in [5, 5.41) is 2.93. The van der Waals surface area contributed by atoms with Gasteiger partial charge in [0.05, 0.1) is 25.2 Å². The molecule has 1 saturated heterocycles. The number of nitrogens with one attached hydrogen (secondary N) is 1. The largest absolute Gasteiger partial charge is 0.472 e. The van der Waals surface area contributed by atoms with Crippen molar-refractivity contribution in [3.05, 3.63) is 24.2 Å². The Morgan fingerprint density at radius 2 is 2.32 bits per heavy atom. The summed E-state index contributed by atoms with van der Waals surface area (Å²) < 4.78 is 10.8. The van der Waals surface area contributed by atoms with Crippen molar-refractivity contribution in [2.45, 2.75) is 25.5 Å². The zero-order chi connectivity index (χ0) is 15.4. The number of carbonyl (C=O) groups excluding carboxylic acids is 1. The number of likely N-dealkylation sites (N-methyl/N-ethyl adjacent to an activating group) is 1. The number of furan rings is 1. The summed E-state index contributed by atoms with van der Waals surface area (Å²) >= 11 is 0. The van der Waals surface area contributed by atoms with E-state index in [0.717, 1.165) is 24.6 Å². The van der Waals surface area contributed by atoms with E-state index in [-0.39, 0.29) is 12.1 Å². The van der Waals surface area contributed by atoms with E-state index in [9.17, 15) is 4.79 Å². The van der Waals surface area contributed by atoms with Crippen molar-refractivity contribution >= 4 is 6.03 Å². The molecule has 1 N–H and O–H groups in total. The SMILES string of the molecule is CN(CC1CC1)C[C@@H]1CN(C(=O)NCc2ccoc2)CCO1. The molecule has 1 atom stereocenters. The zero-order valence-corrected chi connectivity index (χ0v) is 13.2. The minimum absolute atomic E-state index is 0.0284. The second kappa shape index (κ2) is 7.15. The highest BCUT2D eigenvalue weighted by atomic mass is 16.5. The first-order valence-electron chi connectivity index (χ1n) is 8.04. The van der Waals surface area contributed by atoms with Crippen molar-refractivity contribution in [3.63, 3.8) is 0 Å². The number of ether oxygens (including phenoxy) is 1. The number of hydrogen-bond donors (Lipinski definition) is 1. The summed E-state index contributed by atoms with van der Waals surface area (Å²) in [6.07, 6.45) is 6.09. The maximum Gasteiger partial charge on any atom is 0.317 e. The van der Waals surface area contributed by atoms with Crippen LogP contribution >= 0.6 is 0 Å². The van der Waals surface area contributed by atoms with Crippen LogP contribution in [-0.4, -0.2) is 61.8 Å². The van der Waals surface area contributed by atoms with Gasteiger partial charge in [0, 0.05) is 38.3 Å². The standard InChI is InChI=1S/C16H25N3O3/c1-18(9-13-2-3-13)10-15-11-19(5-7-22-15)16(20)17-8-14-4-6-21-12-14/h4,6,12-13,15H,2-3,5,7-11H2,1H3,(H,17,20)/t15-/m1/s1. The van der Waals surface area contributed by atoms with Crippen LogP contribution in [0, 0.1) is 5.92 Å². The summed E-state index contributed by atoms with van der Waals surface area (Å²) in [6, 6.07) is 1.83. The lowest BCUT2D eigenvalue weighted by Crippen LogP contribution is -2.52. The molecule has 0 radical (unpaired) electrons. The zero-order valence-electron chi connectivity index (χ0n) is 13.2. The molecule has 0 aromatic carbocycles. The Morgan fingerprint density at radius 1 is 1.45 bits per heavy atom. The van der Waals surface area contributed by atoms with E-state index in [2.05, 4.69) is 17.3 Å². The first kappa shape index (κ1) is 15.4. The van der Waals surface area contributed by atoms with Crippen LogP contribution in [0.5, 0.6) is 0 Å². The molecule has 1 aromatic rings. The normalized spacial score (nSPS) is 22.1. The highest BCUT2D eigenvalue weighted by molar-refractivity contribution is 5.74. The average molecular weight is 307 g/mol. The highest BCUT2D eigenvalue weighted by Crippen LogP contribution is 2.29. The number of hydrogen-bond acceptors (Lipinski definition) is 4. The maximum atomic E-state index is 12.2. The van der Waals surface area contributed by atoms with Gasteiger partial charge in [-0.1, -0.05) is 0 Å². The predicted molar refractivity (Wildman–Crippen MR) is 82.5 cm³/mol. The molecule has 3 rings (SSSR count). The second-order valence-electron chi connectivity index (χ2n) is 6.39. The topological polar surface area (TPSA) is 58.0 Å². The van der Waals surface area contributed by atoms with E-state index in [1.165, 1.54) is 12.8 Å². The van der Waals surface area contributed by atoms with E-state index in [1.54, 1.807) is 12.5 Å². The monoisotopic (exact) mass is 307 g/mol. The number of rotatable bonds is 6. The molecule has 1 saturated carbocycles. The van der Waals surface area contributed by atoms with Crippen LogP contribution in [0.2, 0.25) is 0 Å². The van der Waals surface area contributed by atoms with Crippen molar-refractivity contribution in [1.82, 2.24) is 15.1 Å². The fourth-order valence-corrected chi connectivity index (χ4v) is 2.86. The van der Waals surface area contributed by atoms with Gasteiger partial charge in [-0.15, -0.1) is 0 Å². The van der Waals surface area contributed by atoms with Crippen LogP contribution in [0.1, 0.15) is 18.4 Å². The van der Waals surface area contributed by atoms with Gasteiger partial charge in [0.25, 0.3) is 0 Å². The molecule has 2 aliphatic rings. The minimum Gasteiger partial charge on any atom is -0.472 e. The van der Waals surface area contributed by atoms with Gasteiger partial charge >= 0.3 is 6.03 Å². The lowest BCUT2D eigenvalue weighted by molar-refractivity contribution is -0.0277. The summed E-state index contributed by atoms with van der Waals surface area (Å²) in [4.78, 5) is 16.4. The third kappa shape index (κ3) is 4.48. The Labute approximate surface area is 131 Å². The molecule has 6 heteroatoms. The fraction of sp³-hybridized carbons (Fsp3) is 0.688. The van der Waals surface area contributed by atoms with Gasteiger partial charge in [0.15, 0.2) is 0 Å². The predicted octanol–water partition coefficient (Wildman–Crippen LogP) is 1.53. The summed E-state index contributed by atoms with van der Waals surface area (Å²) in [7, 11) is 2.14. The van der Waals surface area contributed by atoms with Crippen LogP contribution in [0.25, 0.3) is 0 Å². The van der Waals surface area contributed by atoms with E-state index in [4.69, 9.17) is 9.15 Å². The molecule has 0 unspecified atom stereocenters. The molecule has 2 amide bonds. The van der Waals surface area contributed by atoms with E-state index < -0.39 is 0 Å². The molecule has 1 aliphatic carbocycles. The Morgan fingerprint density at radius 3 is 3.05 bits per heavy atom. The molecular formula is C16H25N3O3. The molecule has 6 nitrogen and oxygen atoms in total. The third-order valence-corrected chi connectivity index (χ3v) is 4.23. The highest BCUT2D eigenvalue weighted by Gasteiger charge is 2.27. The summed E-state index contributed by atoms with van der Waals surface area (Å²) in [6.45, 7) is 4.46. The quantitative estimate of drug-likeness (QED) is 0.866. The number of morpholine rings is 1. The van der Waals surface area contributed by atoms with Gasteiger partial charge in [-0.05, 0) is 31.9 Å². The van der Waals surface area contributed by atoms with Gasteiger partial charge in [0.1, 0.15) is 0 Å². The molecule has 1 aromatic heterocycles. The van der Waals surface area contributed by atoms with Crippen LogP contribution in [0.4, 0.5) is 4.79 Å². The lowest BCUT2D eigenvalue weighted by Gasteiger charge is -2.34. The average Bonchev–Trinajstić information content (AvgIpc) is 3.16. The van der Waals surface area contributed by atoms with E-state index in [1.807, 2.05) is 11.0 Å². The van der Waals surface area contributed by atoms with Crippen molar-refractivity contribution in [3.8, 4) is 0 Å². The molecule has 0 bridgehead atoms. The van der Waals surface area contributed by atoms with Crippen LogP contribution < -0.4 is 5.32 Å². The first-order chi connectivity index (χ1) is 10.7. The Balaban J connectivity index is 1.41. The van der Waals surface area contributed by atoms with Crippen molar-refractivity contribution < 1.29 is 13.9 Å². The molecular weight excluding hydrogens is 282 g/mol. The van der Waals surface area contributed by atoms with Gasteiger partial charge < -0.3 is 24.3 Å². The number of carbonyl (C=O) groups is 1. The van der Waals surface area contributed by atoms with Gasteiger partial charge in [-0.25, -0.2) is 4.79 Å². The number of nitrogens with zero attached hydrogens (tertiary/aromatic N) is 2. The maximum absolute atomic E-state index is 12.2. The third-order valence-electron chi connectivity index (χ3n) is 4.23. The van der Waals surface area contributed by atoms with Crippen molar-refractivity contribution in [2.24, 2.45) is 5.92 Å². The lowest BCUT2D eigenvalue weighted by atomic mass is 10.2. The Hall–Kier alpha value is -1.53. The van der Waals surface area contributed by atoms with Crippen molar-refractivity contribution in [1.29, 1.82) is 0 Å². The summed E-state index contributed by atoms with van der Waals surface area (Å²) in [5.41, 5.74) is 0.974. The van der Waals surface area contributed by atoms with Crippen LogP contribution in [0.3, 0.4) is 0 Å². The van der Waals surface area contributed by atoms with Gasteiger partial charge in [-0.2, -0.15) is 0 Å². The minimum atomic E-state index is -0.0284. The summed E-state index contributed by atoms with van der Waals surface area (Å²) in [5.74, 6) is 0.878. The van der Waals surface area contributed by atoms with Crippen molar-refractivity contribution in [2.75, 3.05) is 39.8 Å². The van der Waals surface area contributed by atoms with Crippen LogP contribution in [0.15, 0.2) is 23.0 Å². The second-order valence-corrected chi connectivity index (χ2v) is 6.39. The first-order valence-corrected chi connectivity index (χ1v) is 8.04. The Kier molecular flexibility index (Phi) is 5.00.